The first-order chi connectivity index (χ1) is 14.9. The van der Waals surface area contributed by atoms with E-state index in [2.05, 4.69) is 5.32 Å². The SMILES string of the molecule is Cc1ccccc1OCCCC(=O)NC1CCN(C(=O)c2ccc(N(C)C)cc2)CC1. The summed E-state index contributed by atoms with van der Waals surface area (Å²) in [4.78, 5) is 28.9. The molecule has 0 aromatic heterocycles. The number of piperidine rings is 1. The number of anilines is 1. The van der Waals surface area contributed by atoms with E-state index in [0.29, 0.717) is 38.1 Å². The van der Waals surface area contributed by atoms with Gasteiger partial charge >= 0.3 is 0 Å². The van der Waals surface area contributed by atoms with Gasteiger partial charge in [0, 0.05) is 50.9 Å². The summed E-state index contributed by atoms with van der Waals surface area (Å²) in [7, 11) is 3.96. The third-order valence-electron chi connectivity index (χ3n) is 5.68. The molecular formula is C25H33N3O3. The predicted octanol–water partition coefficient (Wildman–Crippen LogP) is 3.64. The van der Waals surface area contributed by atoms with Crippen molar-refractivity contribution >= 4 is 17.5 Å². The molecule has 0 atom stereocenters. The fourth-order valence-electron chi connectivity index (χ4n) is 3.74. The minimum absolute atomic E-state index is 0.0532. The fourth-order valence-corrected chi connectivity index (χ4v) is 3.74. The van der Waals surface area contributed by atoms with Gasteiger partial charge in [-0.05, 0) is 62.1 Å². The number of amides is 2. The van der Waals surface area contributed by atoms with Crippen LogP contribution in [0.4, 0.5) is 5.69 Å². The van der Waals surface area contributed by atoms with Gasteiger partial charge in [0.1, 0.15) is 5.75 Å². The minimum Gasteiger partial charge on any atom is -0.493 e. The topological polar surface area (TPSA) is 61.9 Å². The summed E-state index contributed by atoms with van der Waals surface area (Å²) in [6, 6.07) is 15.7. The highest BCUT2D eigenvalue weighted by molar-refractivity contribution is 5.94. The summed E-state index contributed by atoms with van der Waals surface area (Å²) in [6.45, 7) is 3.86. The number of nitrogens with zero attached hydrogens (tertiary/aromatic N) is 2. The van der Waals surface area contributed by atoms with Crippen molar-refractivity contribution in [1.82, 2.24) is 10.2 Å². The van der Waals surface area contributed by atoms with Gasteiger partial charge in [-0.25, -0.2) is 0 Å². The Morgan fingerprint density at radius 1 is 1.06 bits per heavy atom. The van der Waals surface area contributed by atoms with E-state index in [4.69, 9.17) is 4.74 Å². The van der Waals surface area contributed by atoms with Crippen LogP contribution in [-0.4, -0.2) is 56.5 Å². The third-order valence-corrected chi connectivity index (χ3v) is 5.68. The van der Waals surface area contributed by atoms with Gasteiger partial charge in [0.05, 0.1) is 6.61 Å². The molecule has 6 heteroatoms. The van der Waals surface area contributed by atoms with Gasteiger partial charge in [-0.1, -0.05) is 18.2 Å². The average molecular weight is 424 g/mol. The molecule has 2 aromatic carbocycles. The number of hydrogen-bond donors (Lipinski definition) is 1. The van der Waals surface area contributed by atoms with Gasteiger partial charge < -0.3 is 19.9 Å². The third kappa shape index (κ3) is 6.48. The highest BCUT2D eigenvalue weighted by Crippen LogP contribution is 2.18. The quantitative estimate of drug-likeness (QED) is 0.659. The Morgan fingerprint density at radius 3 is 2.39 bits per heavy atom. The summed E-state index contributed by atoms with van der Waals surface area (Å²) >= 11 is 0. The lowest BCUT2D eigenvalue weighted by Crippen LogP contribution is -2.46. The fraction of sp³-hybridized carbons (Fsp3) is 0.440. The molecule has 0 aliphatic carbocycles. The molecule has 3 rings (SSSR count). The second-order valence-corrected chi connectivity index (χ2v) is 8.29. The van der Waals surface area contributed by atoms with E-state index < -0.39 is 0 Å². The van der Waals surface area contributed by atoms with Crippen molar-refractivity contribution in [2.45, 2.75) is 38.6 Å². The molecule has 0 bridgehead atoms. The van der Waals surface area contributed by atoms with Crippen molar-refractivity contribution in [2.75, 3.05) is 38.7 Å². The molecule has 31 heavy (non-hydrogen) atoms. The van der Waals surface area contributed by atoms with Crippen LogP contribution in [-0.2, 0) is 4.79 Å². The zero-order valence-corrected chi connectivity index (χ0v) is 18.8. The Bertz CT molecular complexity index is 872. The Hall–Kier alpha value is -3.02. The lowest BCUT2D eigenvalue weighted by molar-refractivity contribution is -0.122. The highest BCUT2D eigenvalue weighted by atomic mass is 16.5. The second-order valence-electron chi connectivity index (χ2n) is 8.29. The number of carbonyl (C=O) groups is 2. The first-order valence-electron chi connectivity index (χ1n) is 11.0. The van der Waals surface area contributed by atoms with Gasteiger partial charge in [-0.3, -0.25) is 9.59 Å². The van der Waals surface area contributed by atoms with Crippen LogP contribution in [0.5, 0.6) is 5.75 Å². The number of ether oxygens (including phenoxy) is 1. The summed E-state index contributed by atoms with van der Waals surface area (Å²) in [5, 5.41) is 3.11. The molecule has 0 spiro atoms. The number of nitrogens with one attached hydrogen (secondary N) is 1. The summed E-state index contributed by atoms with van der Waals surface area (Å²) in [6.07, 6.45) is 2.70. The number of para-hydroxylation sites is 1. The van der Waals surface area contributed by atoms with Crippen molar-refractivity contribution in [1.29, 1.82) is 0 Å². The van der Waals surface area contributed by atoms with Crippen LogP contribution in [0.1, 0.15) is 41.6 Å². The molecule has 2 aromatic rings. The molecule has 0 radical (unpaired) electrons. The molecular weight excluding hydrogens is 390 g/mol. The van der Waals surface area contributed by atoms with Crippen LogP contribution in [0.3, 0.4) is 0 Å². The number of hydrogen-bond acceptors (Lipinski definition) is 4. The molecule has 2 amide bonds. The Morgan fingerprint density at radius 2 is 1.74 bits per heavy atom. The zero-order chi connectivity index (χ0) is 22.2. The predicted molar refractivity (Wildman–Crippen MR) is 124 cm³/mol. The van der Waals surface area contributed by atoms with Crippen molar-refractivity contribution in [3.05, 3.63) is 59.7 Å². The Labute approximate surface area is 185 Å². The number of likely N-dealkylation sites (tertiary alicyclic amines) is 1. The molecule has 1 aliphatic rings. The Kier molecular flexibility index (Phi) is 7.93. The summed E-state index contributed by atoms with van der Waals surface area (Å²) < 4.78 is 5.75. The van der Waals surface area contributed by atoms with Gasteiger partial charge in [-0.15, -0.1) is 0 Å². The standard InChI is InChI=1S/C25H33N3O3/c1-19-7-4-5-8-23(19)31-18-6-9-24(29)26-21-14-16-28(17-15-21)25(30)20-10-12-22(13-11-20)27(2)3/h4-5,7-8,10-13,21H,6,9,14-18H2,1-3H3,(H,26,29). The molecule has 1 fully saturated rings. The minimum atomic E-state index is 0.0532. The number of benzene rings is 2. The molecule has 166 valence electrons. The number of rotatable bonds is 8. The van der Waals surface area contributed by atoms with Crippen molar-refractivity contribution in [3.8, 4) is 5.75 Å². The van der Waals surface area contributed by atoms with Crippen LogP contribution in [0.15, 0.2) is 48.5 Å². The van der Waals surface area contributed by atoms with E-state index in [9.17, 15) is 9.59 Å². The Balaban J connectivity index is 1.36. The van der Waals surface area contributed by atoms with E-state index in [1.165, 1.54) is 0 Å². The largest absolute Gasteiger partial charge is 0.493 e. The summed E-state index contributed by atoms with van der Waals surface area (Å²) in [5.41, 5.74) is 2.88. The van der Waals surface area contributed by atoms with Crippen molar-refractivity contribution < 1.29 is 14.3 Å². The van der Waals surface area contributed by atoms with Crippen LogP contribution in [0, 0.1) is 6.92 Å². The number of aryl methyl sites for hydroxylation is 1. The van der Waals surface area contributed by atoms with E-state index in [1.807, 2.05) is 79.3 Å². The van der Waals surface area contributed by atoms with E-state index in [0.717, 1.165) is 29.8 Å². The van der Waals surface area contributed by atoms with Crippen LogP contribution >= 0.6 is 0 Å². The average Bonchev–Trinajstić information content (AvgIpc) is 2.78. The van der Waals surface area contributed by atoms with Gasteiger partial charge in [0.2, 0.25) is 5.91 Å². The molecule has 6 nitrogen and oxygen atoms in total. The van der Waals surface area contributed by atoms with E-state index in [-0.39, 0.29) is 17.9 Å². The first kappa shape index (κ1) is 22.7. The molecule has 1 saturated heterocycles. The van der Waals surface area contributed by atoms with Crippen LogP contribution in [0.2, 0.25) is 0 Å². The lowest BCUT2D eigenvalue weighted by Gasteiger charge is -2.32. The van der Waals surface area contributed by atoms with Crippen LogP contribution < -0.4 is 15.0 Å². The smallest absolute Gasteiger partial charge is 0.253 e. The molecule has 1 N–H and O–H groups in total. The van der Waals surface area contributed by atoms with Gasteiger partial charge in [-0.2, -0.15) is 0 Å². The van der Waals surface area contributed by atoms with E-state index >= 15 is 0 Å². The van der Waals surface area contributed by atoms with Crippen molar-refractivity contribution in [2.24, 2.45) is 0 Å². The van der Waals surface area contributed by atoms with E-state index in [1.54, 1.807) is 0 Å². The normalized spacial score (nSPS) is 14.2. The summed E-state index contributed by atoms with van der Waals surface area (Å²) in [5.74, 6) is 0.983. The second kappa shape index (κ2) is 10.8. The zero-order valence-electron chi connectivity index (χ0n) is 18.8. The number of carbonyl (C=O) groups excluding carboxylic acids is 2. The maximum Gasteiger partial charge on any atom is 0.253 e. The maximum atomic E-state index is 12.7. The molecule has 0 saturated carbocycles. The van der Waals surface area contributed by atoms with Crippen LogP contribution in [0.25, 0.3) is 0 Å². The molecule has 1 heterocycles. The van der Waals surface area contributed by atoms with Gasteiger partial charge in [0.25, 0.3) is 5.91 Å². The lowest BCUT2D eigenvalue weighted by atomic mass is 10.0. The highest BCUT2D eigenvalue weighted by Gasteiger charge is 2.24. The van der Waals surface area contributed by atoms with Gasteiger partial charge in [0.15, 0.2) is 0 Å². The maximum absolute atomic E-state index is 12.7. The van der Waals surface area contributed by atoms with Crippen molar-refractivity contribution in [3.63, 3.8) is 0 Å². The first-order valence-corrected chi connectivity index (χ1v) is 11.0. The molecule has 0 unspecified atom stereocenters. The molecule has 1 aliphatic heterocycles. The monoisotopic (exact) mass is 423 g/mol.